The van der Waals surface area contributed by atoms with E-state index in [2.05, 4.69) is 5.32 Å². The van der Waals surface area contributed by atoms with Gasteiger partial charge in [0.1, 0.15) is 5.00 Å². The van der Waals surface area contributed by atoms with Crippen LogP contribution in [0.1, 0.15) is 20.8 Å². The molecule has 4 nitrogen and oxygen atoms in total. The average Bonchev–Trinajstić information content (AvgIpc) is 2.39. The number of anilines is 1. The van der Waals surface area contributed by atoms with Crippen molar-refractivity contribution in [2.75, 3.05) is 12.3 Å². The molecule has 4 N–H and O–H groups in total. The van der Waals surface area contributed by atoms with E-state index in [1.807, 2.05) is 0 Å². The number of nitrogen functional groups attached to an aromatic ring is 1. The van der Waals surface area contributed by atoms with Crippen LogP contribution in [-0.4, -0.2) is 17.6 Å². The van der Waals surface area contributed by atoms with E-state index in [1.54, 1.807) is 0 Å². The molecule has 1 aromatic heterocycles. The van der Waals surface area contributed by atoms with Crippen molar-refractivity contribution in [1.82, 2.24) is 5.32 Å². The lowest BCUT2D eigenvalue weighted by Crippen LogP contribution is -2.23. The Morgan fingerprint density at radius 3 is 2.73 bits per heavy atom. The highest BCUT2D eigenvalue weighted by Gasteiger charge is 2.23. The summed E-state index contributed by atoms with van der Waals surface area (Å²) in [7, 11) is 0. The van der Waals surface area contributed by atoms with E-state index in [0.29, 0.717) is 10.6 Å². The Balaban J connectivity index is 0.000000980. The van der Waals surface area contributed by atoms with Crippen molar-refractivity contribution in [3.8, 4) is 0 Å². The Morgan fingerprint density at radius 2 is 2.13 bits per heavy atom. The maximum absolute atomic E-state index is 10.9. The minimum Gasteiger partial charge on any atom is -0.478 e. The van der Waals surface area contributed by atoms with Crippen LogP contribution in [0.25, 0.3) is 0 Å². The van der Waals surface area contributed by atoms with Crippen molar-refractivity contribution in [2.24, 2.45) is 0 Å². The first-order valence-corrected chi connectivity index (χ1v) is 4.86. The lowest BCUT2D eigenvalue weighted by molar-refractivity contribution is 0.0697. The lowest BCUT2D eigenvalue weighted by Gasteiger charge is -2.12. The van der Waals surface area contributed by atoms with E-state index in [4.69, 9.17) is 10.8 Å². The highest BCUT2D eigenvalue weighted by molar-refractivity contribution is 7.16. The fraction of sp³-hybridized carbons (Fsp3) is 0.375. The van der Waals surface area contributed by atoms with Crippen LogP contribution in [0.5, 0.6) is 0 Å². The van der Waals surface area contributed by atoms with E-state index < -0.39 is 5.97 Å². The summed E-state index contributed by atoms with van der Waals surface area (Å²) in [5, 5.41) is 12.5. The van der Waals surface area contributed by atoms with Crippen molar-refractivity contribution < 1.29 is 9.90 Å². The fourth-order valence-corrected chi connectivity index (χ4v) is 2.67. The normalized spacial score (nSPS) is 13.3. The second-order valence-electron chi connectivity index (χ2n) is 2.97. The smallest absolute Gasteiger partial charge is 0.338 e. The summed E-state index contributed by atoms with van der Waals surface area (Å²) in [5.41, 5.74) is 6.88. The largest absolute Gasteiger partial charge is 0.478 e. The van der Waals surface area contributed by atoms with Gasteiger partial charge < -0.3 is 16.2 Å². The molecule has 2 heterocycles. The molecule has 1 aliphatic rings. The van der Waals surface area contributed by atoms with Crippen LogP contribution >= 0.6 is 36.2 Å². The number of carboxylic acid groups (broad SMARTS) is 1. The van der Waals surface area contributed by atoms with E-state index in [-0.39, 0.29) is 24.8 Å². The van der Waals surface area contributed by atoms with Gasteiger partial charge in [-0.25, -0.2) is 4.79 Å². The van der Waals surface area contributed by atoms with Crippen molar-refractivity contribution in [1.29, 1.82) is 0 Å². The summed E-state index contributed by atoms with van der Waals surface area (Å²) in [6.45, 7) is 1.58. The second kappa shape index (κ2) is 5.55. The number of fused-ring (bicyclic) bond motifs is 1. The molecule has 0 saturated carbocycles. The Hall–Kier alpha value is -0.490. The molecule has 15 heavy (non-hydrogen) atoms. The molecule has 0 aliphatic carbocycles. The number of carboxylic acids is 1. The number of rotatable bonds is 1. The first kappa shape index (κ1) is 14.5. The molecule has 0 atom stereocenters. The highest BCUT2D eigenvalue weighted by atomic mass is 35.5. The minimum absolute atomic E-state index is 0. The minimum atomic E-state index is -0.906. The number of hydrogen-bond acceptors (Lipinski definition) is 4. The first-order valence-electron chi connectivity index (χ1n) is 4.04. The molecule has 2 rings (SSSR count). The molecule has 0 radical (unpaired) electrons. The van der Waals surface area contributed by atoms with E-state index >= 15 is 0 Å². The summed E-state index contributed by atoms with van der Waals surface area (Å²) in [6, 6.07) is 0. The van der Waals surface area contributed by atoms with Crippen molar-refractivity contribution in [3.63, 3.8) is 0 Å². The van der Waals surface area contributed by atoms with Crippen LogP contribution in [0, 0.1) is 0 Å². The predicted octanol–water partition coefficient (Wildman–Crippen LogP) is 1.52. The molecule has 1 aromatic rings. The molecule has 86 valence electrons. The number of thiophene rings is 1. The van der Waals surface area contributed by atoms with Crippen LogP contribution in [0.2, 0.25) is 0 Å². The third-order valence-electron chi connectivity index (χ3n) is 2.17. The number of aromatic carboxylic acids is 1. The van der Waals surface area contributed by atoms with Gasteiger partial charge in [-0.3, -0.25) is 0 Å². The fourth-order valence-electron chi connectivity index (χ4n) is 1.59. The van der Waals surface area contributed by atoms with Crippen LogP contribution in [-0.2, 0) is 13.0 Å². The van der Waals surface area contributed by atoms with Crippen LogP contribution in [0.15, 0.2) is 0 Å². The first-order chi connectivity index (χ1) is 6.20. The molecule has 1 aliphatic heterocycles. The molecular formula is C8H12Cl2N2O2S. The van der Waals surface area contributed by atoms with Crippen LogP contribution in [0.3, 0.4) is 0 Å². The predicted molar refractivity (Wildman–Crippen MR) is 65.6 cm³/mol. The molecule has 0 spiro atoms. The van der Waals surface area contributed by atoms with E-state index in [9.17, 15) is 4.79 Å². The number of nitrogens with one attached hydrogen (secondary N) is 1. The monoisotopic (exact) mass is 270 g/mol. The summed E-state index contributed by atoms with van der Waals surface area (Å²) in [4.78, 5) is 11.9. The van der Waals surface area contributed by atoms with Crippen molar-refractivity contribution in [2.45, 2.75) is 13.0 Å². The van der Waals surface area contributed by atoms with E-state index in [1.165, 1.54) is 11.3 Å². The van der Waals surface area contributed by atoms with Gasteiger partial charge in [-0.15, -0.1) is 36.2 Å². The molecule has 0 unspecified atom stereocenters. The van der Waals surface area contributed by atoms with Gasteiger partial charge in [0.2, 0.25) is 0 Å². The summed E-state index contributed by atoms with van der Waals surface area (Å²) in [5.74, 6) is -0.906. The van der Waals surface area contributed by atoms with Gasteiger partial charge in [0.05, 0.1) is 5.56 Å². The van der Waals surface area contributed by atoms with Gasteiger partial charge in [-0.1, -0.05) is 0 Å². The molecule has 0 fully saturated rings. The molecule has 0 bridgehead atoms. The molecule has 0 aromatic carbocycles. The standard InChI is InChI=1S/C8H10N2O2S.2ClH/c9-7-6(8(11)12)4-1-2-10-3-5(4)13-7;;/h10H,1-3,9H2,(H,11,12);2*1H. The summed E-state index contributed by atoms with van der Waals surface area (Å²) in [6.07, 6.45) is 0.769. The quantitative estimate of drug-likeness (QED) is 0.724. The third kappa shape index (κ3) is 2.55. The molecule has 0 amide bonds. The Morgan fingerprint density at radius 1 is 1.47 bits per heavy atom. The Kier molecular flexibility index (Phi) is 5.37. The maximum Gasteiger partial charge on any atom is 0.338 e. The van der Waals surface area contributed by atoms with Crippen LogP contribution in [0.4, 0.5) is 5.00 Å². The lowest BCUT2D eigenvalue weighted by atomic mass is 10.0. The van der Waals surface area contributed by atoms with Crippen LogP contribution < -0.4 is 11.1 Å². The molecule has 0 saturated heterocycles. The Bertz CT molecular complexity index is 368. The number of carbonyl (C=O) groups is 1. The molecular weight excluding hydrogens is 259 g/mol. The van der Waals surface area contributed by atoms with Gasteiger partial charge in [-0.2, -0.15) is 0 Å². The third-order valence-corrected chi connectivity index (χ3v) is 3.23. The topological polar surface area (TPSA) is 75.4 Å². The zero-order valence-corrected chi connectivity index (χ0v) is 10.2. The van der Waals surface area contributed by atoms with Gasteiger partial charge in [0.15, 0.2) is 0 Å². The number of hydrogen-bond donors (Lipinski definition) is 3. The van der Waals surface area contributed by atoms with Gasteiger partial charge in [0.25, 0.3) is 0 Å². The second-order valence-corrected chi connectivity index (χ2v) is 4.11. The van der Waals surface area contributed by atoms with Gasteiger partial charge >= 0.3 is 5.97 Å². The van der Waals surface area contributed by atoms with Crippen molar-refractivity contribution >= 4 is 47.1 Å². The van der Waals surface area contributed by atoms with Crippen molar-refractivity contribution in [3.05, 3.63) is 16.0 Å². The molecule has 7 heteroatoms. The highest BCUT2D eigenvalue weighted by Crippen LogP contribution is 2.32. The zero-order chi connectivity index (χ0) is 9.42. The number of nitrogens with two attached hydrogens (primary N) is 1. The Labute approximate surface area is 104 Å². The van der Waals surface area contributed by atoms with Gasteiger partial charge in [-0.05, 0) is 18.5 Å². The maximum atomic E-state index is 10.9. The summed E-state index contributed by atoms with van der Waals surface area (Å²) >= 11 is 1.38. The van der Waals surface area contributed by atoms with E-state index in [0.717, 1.165) is 30.0 Å². The average molecular weight is 271 g/mol. The zero-order valence-electron chi connectivity index (χ0n) is 7.78. The SMILES string of the molecule is Cl.Cl.Nc1sc2c(c1C(=O)O)CCNC2. The summed E-state index contributed by atoms with van der Waals surface area (Å²) < 4.78 is 0. The van der Waals surface area contributed by atoms with Gasteiger partial charge in [0, 0.05) is 11.4 Å². The number of halogens is 2.